The molecule has 0 spiro atoms. The van der Waals surface area contributed by atoms with Crippen molar-refractivity contribution in [3.8, 4) is 11.1 Å². The first-order valence-electron chi connectivity index (χ1n) is 9.86. The van der Waals surface area contributed by atoms with Crippen LogP contribution in [0.5, 0.6) is 0 Å². The molecule has 0 radical (unpaired) electrons. The second kappa shape index (κ2) is 12.0. The molecule has 3 rings (SSSR count). The van der Waals surface area contributed by atoms with Gasteiger partial charge in [0, 0.05) is 9.83 Å². The highest BCUT2D eigenvalue weighted by atomic mass is 127. The number of hydrogen-bond donors (Lipinski definition) is 1. The summed E-state index contributed by atoms with van der Waals surface area (Å²) in [6.45, 7) is 2.17. The Morgan fingerprint density at radius 2 is 1.78 bits per heavy atom. The molecule has 3 aromatic rings. The van der Waals surface area contributed by atoms with E-state index in [9.17, 15) is 18.0 Å². The number of sulfone groups is 1. The van der Waals surface area contributed by atoms with Crippen LogP contribution in [-0.2, 0) is 24.2 Å². The van der Waals surface area contributed by atoms with Crippen LogP contribution in [0.1, 0.15) is 12.0 Å². The van der Waals surface area contributed by atoms with E-state index in [1.165, 1.54) is 38.1 Å². The number of esters is 1. The predicted molar refractivity (Wildman–Crippen MR) is 136 cm³/mol. The lowest BCUT2D eigenvalue weighted by molar-refractivity contribution is -0.144. The second-order valence-corrected chi connectivity index (χ2v) is 10.8. The van der Waals surface area contributed by atoms with Gasteiger partial charge in [0.1, 0.15) is 15.9 Å². The van der Waals surface area contributed by atoms with Gasteiger partial charge in [-0.3, -0.25) is 4.79 Å². The monoisotopic (exact) mass is 567 g/mol. The summed E-state index contributed by atoms with van der Waals surface area (Å²) in [5.41, 5.74) is 3.98. The number of fused-ring (bicyclic) bond motifs is 1. The van der Waals surface area contributed by atoms with E-state index in [0.29, 0.717) is 6.41 Å². The van der Waals surface area contributed by atoms with Crippen LogP contribution in [0.4, 0.5) is 0 Å². The molecule has 0 heterocycles. The smallest absolute Gasteiger partial charge is 0.328 e. The van der Waals surface area contributed by atoms with Crippen LogP contribution in [0.2, 0.25) is 0 Å². The predicted octanol–water partition coefficient (Wildman–Crippen LogP) is 4.13. The molecule has 0 aliphatic carbocycles. The Hall–Kier alpha value is -2.46. The first-order valence-corrected chi connectivity index (χ1v) is 13.0. The molecule has 0 saturated carbocycles. The van der Waals surface area contributed by atoms with Crippen molar-refractivity contribution in [3.63, 3.8) is 0 Å². The quantitative estimate of drug-likeness (QED) is 0.264. The van der Waals surface area contributed by atoms with Crippen LogP contribution >= 0.6 is 22.6 Å². The van der Waals surface area contributed by atoms with Gasteiger partial charge in [-0.25, -0.2) is 13.2 Å². The number of aryl methyl sites for hydroxylation is 1. The molecule has 0 fully saturated rings. The van der Waals surface area contributed by atoms with Crippen molar-refractivity contribution in [3.05, 3.63) is 69.8 Å². The Morgan fingerprint density at radius 3 is 2.44 bits per heavy atom. The molecule has 32 heavy (non-hydrogen) atoms. The van der Waals surface area contributed by atoms with Gasteiger partial charge in [0.25, 0.3) is 0 Å². The first-order chi connectivity index (χ1) is 15.2. The lowest BCUT2D eigenvalue weighted by Gasteiger charge is -2.12. The Bertz CT molecular complexity index is 1190. The van der Waals surface area contributed by atoms with Crippen LogP contribution in [0.25, 0.3) is 21.9 Å². The Balaban J connectivity index is 0.000000237. The number of rotatable bonds is 7. The molecule has 0 aliphatic heterocycles. The Morgan fingerprint density at radius 1 is 1.09 bits per heavy atom. The maximum Gasteiger partial charge on any atom is 0.328 e. The van der Waals surface area contributed by atoms with Gasteiger partial charge < -0.3 is 10.1 Å². The summed E-state index contributed by atoms with van der Waals surface area (Å²) in [7, 11) is -1.97. The third-order valence-electron chi connectivity index (χ3n) is 4.81. The van der Waals surface area contributed by atoms with Crippen LogP contribution < -0.4 is 5.32 Å². The number of ether oxygens (including phenoxy) is 1. The Labute approximate surface area is 202 Å². The maximum atomic E-state index is 11.0. The fraction of sp³-hybridized carbons (Fsp3) is 0.250. The van der Waals surface area contributed by atoms with Gasteiger partial charge in [0.15, 0.2) is 0 Å². The minimum atomic E-state index is -3.14. The molecule has 1 N–H and O–H groups in total. The third kappa shape index (κ3) is 7.59. The lowest BCUT2D eigenvalue weighted by atomic mass is 9.95. The minimum Gasteiger partial charge on any atom is -0.467 e. The van der Waals surface area contributed by atoms with Crippen molar-refractivity contribution in [2.45, 2.75) is 19.4 Å². The Kier molecular flexibility index (Phi) is 9.64. The molecule has 0 saturated heterocycles. The number of methoxy groups -OCH3 is 1. The van der Waals surface area contributed by atoms with Crippen LogP contribution in [0.15, 0.2) is 60.7 Å². The fourth-order valence-corrected chi connectivity index (χ4v) is 4.33. The van der Waals surface area contributed by atoms with Crippen molar-refractivity contribution in [1.29, 1.82) is 0 Å². The third-order valence-corrected chi connectivity index (χ3v) is 6.46. The lowest BCUT2D eigenvalue weighted by Crippen LogP contribution is -2.38. The van der Waals surface area contributed by atoms with Crippen LogP contribution in [0.3, 0.4) is 0 Å². The average molecular weight is 567 g/mol. The van der Waals surface area contributed by atoms with E-state index in [-0.39, 0.29) is 12.2 Å². The number of nitrogens with one attached hydrogen (secondary N) is 1. The van der Waals surface area contributed by atoms with Crippen LogP contribution in [-0.4, -0.2) is 46.0 Å². The molecule has 3 aromatic carbocycles. The molecular formula is C24H26INO5S. The molecule has 0 bridgehead atoms. The molecule has 0 unspecified atom stereocenters. The number of amides is 1. The van der Waals surface area contributed by atoms with E-state index in [1.807, 2.05) is 0 Å². The zero-order valence-electron chi connectivity index (χ0n) is 18.2. The van der Waals surface area contributed by atoms with E-state index in [2.05, 4.69) is 100 Å². The molecule has 8 heteroatoms. The summed E-state index contributed by atoms with van der Waals surface area (Å²) < 4.78 is 27.2. The normalized spacial score (nSPS) is 11.8. The van der Waals surface area contributed by atoms with Gasteiger partial charge in [-0.05, 0) is 75.5 Å². The molecule has 0 aliphatic rings. The second-order valence-electron chi connectivity index (χ2n) is 7.26. The van der Waals surface area contributed by atoms with E-state index in [0.717, 1.165) is 6.26 Å². The minimum absolute atomic E-state index is 0.0181. The molecule has 1 atom stereocenters. The topological polar surface area (TPSA) is 89.5 Å². The van der Waals surface area contributed by atoms with Crippen molar-refractivity contribution in [1.82, 2.24) is 5.32 Å². The number of carbonyl (C=O) groups excluding carboxylic acids is 2. The SMILES string of the molecule is COC(=O)[C@H](CCS(C)(=O)=O)NC=O.Cc1ccc(I)cc1-c1cccc2ccccc12. The largest absolute Gasteiger partial charge is 0.467 e. The van der Waals surface area contributed by atoms with Gasteiger partial charge in [0.05, 0.1) is 12.9 Å². The summed E-state index contributed by atoms with van der Waals surface area (Å²) in [6, 6.07) is 20.8. The zero-order chi connectivity index (χ0) is 23.7. The highest BCUT2D eigenvalue weighted by molar-refractivity contribution is 14.1. The van der Waals surface area contributed by atoms with Crippen molar-refractivity contribution >= 4 is 55.6 Å². The van der Waals surface area contributed by atoms with Crippen molar-refractivity contribution < 1.29 is 22.7 Å². The summed E-state index contributed by atoms with van der Waals surface area (Å²) in [5, 5.41) is 4.81. The summed E-state index contributed by atoms with van der Waals surface area (Å²) in [5.74, 6) is -0.825. The van der Waals surface area contributed by atoms with Crippen LogP contribution in [0, 0.1) is 10.5 Å². The maximum absolute atomic E-state index is 11.0. The van der Waals surface area contributed by atoms with Gasteiger partial charge in [-0.15, -0.1) is 0 Å². The van der Waals surface area contributed by atoms with E-state index >= 15 is 0 Å². The van der Waals surface area contributed by atoms with Gasteiger partial charge in [-0.1, -0.05) is 48.5 Å². The van der Waals surface area contributed by atoms with Crippen molar-refractivity contribution in [2.75, 3.05) is 19.1 Å². The number of halogens is 1. The summed E-state index contributed by atoms with van der Waals surface area (Å²) >= 11 is 2.37. The van der Waals surface area contributed by atoms with Gasteiger partial charge in [-0.2, -0.15) is 0 Å². The van der Waals surface area contributed by atoms with E-state index in [4.69, 9.17) is 0 Å². The zero-order valence-corrected chi connectivity index (χ0v) is 21.1. The number of hydrogen-bond acceptors (Lipinski definition) is 5. The van der Waals surface area contributed by atoms with E-state index in [1.54, 1.807) is 0 Å². The number of benzene rings is 3. The molecule has 1 amide bonds. The standard InChI is InChI=1S/C17H13I.C7H13NO5S/c1-12-9-10-14(18)11-17(12)16-8-4-6-13-5-2-3-7-15(13)16;1-13-7(10)6(8-5-9)3-4-14(2,11)12/h2-11H,1H3;5-6H,3-4H2,1-2H3,(H,8,9)/t;6-/m.0/s1. The van der Waals surface area contributed by atoms with E-state index < -0.39 is 21.8 Å². The highest BCUT2D eigenvalue weighted by Crippen LogP contribution is 2.31. The molecule has 0 aromatic heterocycles. The summed E-state index contributed by atoms with van der Waals surface area (Å²) in [6.07, 6.45) is 1.41. The summed E-state index contributed by atoms with van der Waals surface area (Å²) in [4.78, 5) is 21.1. The van der Waals surface area contributed by atoms with Gasteiger partial charge >= 0.3 is 5.97 Å². The average Bonchev–Trinajstić information content (AvgIpc) is 2.77. The highest BCUT2D eigenvalue weighted by Gasteiger charge is 2.19. The van der Waals surface area contributed by atoms with Gasteiger partial charge in [0.2, 0.25) is 6.41 Å². The molecular weight excluding hydrogens is 541 g/mol. The molecule has 170 valence electrons. The number of carbonyl (C=O) groups is 2. The van der Waals surface area contributed by atoms with Crippen molar-refractivity contribution in [2.24, 2.45) is 0 Å². The molecule has 6 nitrogen and oxygen atoms in total. The fourth-order valence-electron chi connectivity index (χ4n) is 3.17. The first kappa shape index (κ1) is 25.8.